The number of hydrogen-bond donors (Lipinski definition) is 3. The molecule has 0 saturated carbocycles. The molecule has 0 heterocycles. The van der Waals surface area contributed by atoms with E-state index in [-0.39, 0.29) is 29.1 Å². The maximum Gasteiger partial charge on any atom is 0.257 e. The van der Waals surface area contributed by atoms with Crippen LogP contribution in [0, 0.1) is 0 Å². The van der Waals surface area contributed by atoms with Crippen LogP contribution in [0.25, 0.3) is 0 Å². The second-order valence-electron chi connectivity index (χ2n) is 7.08. The minimum absolute atomic E-state index is 0.0327. The van der Waals surface area contributed by atoms with E-state index < -0.39 is 0 Å². The Morgan fingerprint density at radius 2 is 1.67 bits per heavy atom. The first-order chi connectivity index (χ1) is 14.2. The highest BCUT2D eigenvalue weighted by Crippen LogP contribution is 2.27. The van der Waals surface area contributed by atoms with Crippen LogP contribution < -0.4 is 20.7 Å². The van der Waals surface area contributed by atoms with Gasteiger partial charge in [0.25, 0.3) is 11.8 Å². The van der Waals surface area contributed by atoms with Crippen LogP contribution in [0.2, 0.25) is 0 Å². The number of carbonyl (C=O) groups is 2. The monoisotopic (exact) mass is 491 g/mol. The molecule has 160 valence electrons. The highest BCUT2D eigenvalue weighted by atomic mass is 79.9. The van der Waals surface area contributed by atoms with Gasteiger partial charge in [0.05, 0.1) is 10.6 Å². The summed E-state index contributed by atoms with van der Waals surface area (Å²) in [6, 6.07) is 12.1. The predicted molar refractivity (Wildman–Crippen MR) is 127 cm³/mol. The van der Waals surface area contributed by atoms with Gasteiger partial charge in [-0.2, -0.15) is 0 Å². The van der Waals surface area contributed by atoms with E-state index in [0.717, 1.165) is 6.42 Å². The number of ether oxygens (including phenoxy) is 1. The molecule has 0 bridgehead atoms. The zero-order valence-electron chi connectivity index (χ0n) is 17.4. The molecule has 2 aromatic rings. The number of amides is 2. The van der Waals surface area contributed by atoms with E-state index in [4.69, 9.17) is 17.0 Å². The van der Waals surface area contributed by atoms with Crippen molar-refractivity contribution in [2.75, 3.05) is 5.32 Å². The van der Waals surface area contributed by atoms with Crippen LogP contribution in [0.5, 0.6) is 5.75 Å². The standard InChI is InChI=1S/C22H26BrN3O3S/c1-5-14(4)24-20(27)15-6-9-17(10-7-15)25-22(30)26-21(28)16-8-11-19(18(23)12-16)29-13(2)3/h6-14H,5H2,1-4H3,(H,24,27)(H2,25,26,28,30). The van der Waals surface area contributed by atoms with Crippen LogP contribution in [-0.4, -0.2) is 29.1 Å². The lowest BCUT2D eigenvalue weighted by molar-refractivity contribution is 0.0937. The van der Waals surface area contributed by atoms with Crippen molar-refractivity contribution in [2.45, 2.75) is 46.3 Å². The lowest BCUT2D eigenvalue weighted by atomic mass is 10.1. The molecule has 30 heavy (non-hydrogen) atoms. The largest absolute Gasteiger partial charge is 0.490 e. The molecule has 2 rings (SSSR count). The van der Waals surface area contributed by atoms with Gasteiger partial charge in [-0.3, -0.25) is 14.9 Å². The Kier molecular flexibility index (Phi) is 8.80. The first-order valence-electron chi connectivity index (χ1n) is 9.69. The molecule has 0 aromatic heterocycles. The van der Waals surface area contributed by atoms with E-state index in [1.54, 1.807) is 42.5 Å². The number of nitrogens with one attached hydrogen (secondary N) is 3. The Balaban J connectivity index is 1.94. The first kappa shape index (κ1) is 23.8. The molecule has 2 aromatic carbocycles. The summed E-state index contributed by atoms with van der Waals surface area (Å²) in [5, 5.41) is 8.66. The summed E-state index contributed by atoms with van der Waals surface area (Å²) < 4.78 is 6.34. The van der Waals surface area contributed by atoms with Gasteiger partial charge in [-0.15, -0.1) is 0 Å². The summed E-state index contributed by atoms with van der Waals surface area (Å²) in [4.78, 5) is 24.6. The van der Waals surface area contributed by atoms with Crippen molar-refractivity contribution in [1.82, 2.24) is 10.6 Å². The molecule has 6 nitrogen and oxygen atoms in total. The van der Waals surface area contributed by atoms with Gasteiger partial charge in [0.15, 0.2) is 5.11 Å². The average molecular weight is 492 g/mol. The fraction of sp³-hybridized carbons (Fsp3) is 0.318. The van der Waals surface area contributed by atoms with Crippen molar-refractivity contribution >= 4 is 50.8 Å². The summed E-state index contributed by atoms with van der Waals surface area (Å²) in [6.45, 7) is 7.84. The Bertz CT molecular complexity index is 916. The molecule has 0 spiro atoms. The second-order valence-corrected chi connectivity index (χ2v) is 8.34. The molecule has 8 heteroatoms. The fourth-order valence-electron chi connectivity index (χ4n) is 2.44. The van der Waals surface area contributed by atoms with Gasteiger partial charge in [-0.25, -0.2) is 0 Å². The Morgan fingerprint density at radius 3 is 2.23 bits per heavy atom. The molecule has 1 unspecified atom stereocenters. The summed E-state index contributed by atoms with van der Waals surface area (Å²) >= 11 is 8.64. The highest BCUT2D eigenvalue weighted by Gasteiger charge is 2.12. The van der Waals surface area contributed by atoms with E-state index in [1.165, 1.54) is 0 Å². The second kappa shape index (κ2) is 11.1. The maximum atomic E-state index is 12.5. The van der Waals surface area contributed by atoms with Crippen LogP contribution >= 0.6 is 28.1 Å². The quantitative estimate of drug-likeness (QED) is 0.480. The zero-order chi connectivity index (χ0) is 22.3. The molecular formula is C22H26BrN3O3S. The Labute approximate surface area is 190 Å². The van der Waals surface area contributed by atoms with Crippen LogP contribution in [0.15, 0.2) is 46.9 Å². The van der Waals surface area contributed by atoms with Gasteiger partial charge in [0, 0.05) is 22.9 Å². The van der Waals surface area contributed by atoms with Crippen molar-refractivity contribution in [3.8, 4) is 5.75 Å². The van der Waals surface area contributed by atoms with Crippen LogP contribution in [-0.2, 0) is 0 Å². The lowest BCUT2D eigenvalue weighted by Crippen LogP contribution is -2.34. The minimum Gasteiger partial charge on any atom is -0.490 e. The van der Waals surface area contributed by atoms with Crippen molar-refractivity contribution in [1.29, 1.82) is 0 Å². The normalized spacial score (nSPS) is 11.5. The number of anilines is 1. The average Bonchev–Trinajstić information content (AvgIpc) is 2.69. The molecular weight excluding hydrogens is 466 g/mol. The third-order valence-electron chi connectivity index (χ3n) is 4.18. The molecule has 0 radical (unpaired) electrons. The van der Waals surface area contributed by atoms with Gasteiger partial charge in [-0.1, -0.05) is 6.92 Å². The Hall–Kier alpha value is -2.45. The van der Waals surface area contributed by atoms with Crippen molar-refractivity contribution < 1.29 is 14.3 Å². The number of carbonyl (C=O) groups excluding carboxylic acids is 2. The number of halogens is 1. The highest BCUT2D eigenvalue weighted by molar-refractivity contribution is 9.10. The van der Waals surface area contributed by atoms with Gasteiger partial charge < -0.3 is 15.4 Å². The number of benzene rings is 2. The van der Waals surface area contributed by atoms with E-state index in [2.05, 4.69) is 31.9 Å². The molecule has 2 amide bonds. The van der Waals surface area contributed by atoms with E-state index in [0.29, 0.717) is 27.0 Å². The van der Waals surface area contributed by atoms with Crippen LogP contribution in [0.1, 0.15) is 54.8 Å². The van der Waals surface area contributed by atoms with Crippen molar-refractivity contribution in [3.05, 3.63) is 58.1 Å². The van der Waals surface area contributed by atoms with E-state index in [1.807, 2.05) is 27.7 Å². The Morgan fingerprint density at radius 1 is 1.03 bits per heavy atom. The molecule has 0 aliphatic carbocycles. The van der Waals surface area contributed by atoms with Gasteiger partial charge in [-0.05, 0) is 97.8 Å². The number of rotatable bonds is 7. The molecule has 0 saturated heterocycles. The molecule has 3 N–H and O–H groups in total. The van der Waals surface area contributed by atoms with Crippen LogP contribution in [0.3, 0.4) is 0 Å². The third kappa shape index (κ3) is 7.11. The number of thiocarbonyl (C=S) groups is 1. The third-order valence-corrected chi connectivity index (χ3v) is 5.00. The zero-order valence-corrected chi connectivity index (χ0v) is 19.8. The minimum atomic E-state index is -0.339. The predicted octanol–water partition coefficient (Wildman–Crippen LogP) is 4.89. The molecule has 0 aliphatic rings. The smallest absolute Gasteiger partial charge is 0.257 e. The fourth-order valence-corrected chi connectivity index (χ4v) is 3.13. The maximum absolute atomic E-state index is 12.5. The first-order valence-corrected chi connectivity index (χ1v) is 10.9. The van der Waals surface area contributed by atoms with Gasteiger partial charge in [0.2, 0.25) is 0 Å². The van der Waals surface area contributed by atoms with E-state index in [9.17, 15) is 9.59 Å². The summed E-state index contributed by atoms with van der Waals surface area (Å²) in [6.07, 6.45) is 0.897. The molecule has 0 fully saturated rings. The van der Waals surface area contributed by atoms with Crippen molar-refractivity contribution in [3.63, 3.8) is 0 Å². The topological polar surface area (TPSA) is 79.5 Å². The summed E-state index contributed by atoms with van der Waals surface area (Å²) in [7, 11) is 0. The molecule has 1 atom stereocenters. The van der Waals surface area contributed by atoms with Gasteiger partial charge in [0.1, 0.15) is 5.75 Å². The lowest BCUT2D eigenvalue weighted by Gasteiger charge is -2.14. The number of hydrogen-bond acceptors (Lipinski definition) is 4. The van der Waals surface area contributed by atoms with Crippen molar-refractivity contribution in [2.24, 2.45) is 0 Å². The molecule has 0 aliphatic heterocycles. The van der Waals surface area contributed by atoms with E-state index >= 15 is 0 Å². The van der Waals surface area contributed by atoms with Crippen LogP contribution in [0.4, 0.5) is 5.69 Å². The summed E-state index contributed by atoms with van der Waals surface area (Å²) in [5.74, 6) is 0.204. The van der Waals surface area contributed by atoms with Gasteiger partial charge >= 0.3 is 0 Å². The SMILES string of the molecule is CCC(C)NC(=O)c1ccc(NC(=S)NC(=O)c2ccc(OC(C)C)c(Br)c2)cc1. The summed E-state index contributed by atoms with van der Waals surface area (Å²) in [5.41, 5.74) is 1.67.